The van der Waals surface area contributed by atoms with Gasteiger partial charge in [0, 0.05) is 17.6 Å². The molecule has 2 rings (SSSR count). The van der Waals surface area contributed by atoms with E-state index in [1.165, 1.54) is 27.4 Å². The van der Waals surface area contributed by atoms with E-state index >= 15 is 0 Å². The lowest BCUT2D eigenvalue weighted by molar-refractivity contribution is -0.456. The summed E-state index contributed by atoms with van der Waals surface area (Å²) in [5.74, 6) is 0.318. The maximum Gasteiger partial charge on any atom is 0.308 e. The zero-order valence-electron chi connectivity index (χ0n) is 13.8. The summed E-state index contributed by atoms with van der Waals surface area (Å²) >= 11 is 0. The molecule has 0 aliphatic heterocycles. The number of anilines is 1. The Hall–Kier alpha value is -3.63. The van der Waals surface area contributed by atoms with E-state index in [4.69, 9.17) is 25.7 Å². The molecule has 1 heterocycles. The van der Waals surface area contributed by atoms with E-state index in [1.54, 1.807) is 12.1 Å². The minimum absolute atomic E-state index is 0.00883. The minimum Gasteiger partial charge on any atom is -0.493 e. The van der Waals surface area contributed by atoms with Crippen LogP contribution in [0.25, 0.3) is 0 Å². The van der Waals surface area contributed by atoms with E-state index in [-0.39, 0.29) is 23.1 Å². The lowest BCUT2D eigenvalue weighted by atomic mass is 10.2. The van der Waals surface area contributed by atoms with Crippen LogP contribution in [-0.4, -0.2) is 42.6 Å². The Morgan fingerprint density at radius 1 is 1.28 bits per heavy atom. The van der Waals surface area contributed by atoms with Gasteiger partial charge in [-0.15, -0.1) is 5.10 Å². The van der Waals surface area contributed by atoms with Crippen LogP contribution in [-0.2, 0) is 4.79 Å². The van der Waals surface area contributed by atoms with E-state index in [0.29, 0.717) is 17.1 Å². The van der Waals surface area contributed by atoms with Crippen LogP contribution in [0.2, 0.25) is 0 Å². The zero-order chi connectivity index (χ0) is 18.4. The number of carbonyl (C=O) groups excluding carboxylic acids is 1. The lowest BCUT2D eigenvalue weighted by Gasteiger charge is -2.12. The third kappa shape index (κ3) is 4.22. The molecule has 0 saturated carbocycles. The number of nitrogens with two attached hydrogens (primary N) is 2. The molecular weight excluding hydrogens is 332 g/mol. The van der Waals surface area contributed by atoms with Crippen molar-refractivity contribution in [3.63, 3.8) is 0 Å². The van der Waals surface area contributed by atoms with Gasteiger partial charge in [-0.05, 0) is 22.4 Å². The van der Waals surface area contributed by atoms with Crippen molar-refractivity contribution >= 4 is 23.8 Å². The smallest absolute Gasteiger partial charge is 0.308 e. The van der Waals surface area contributed by atoms with Gasteiger partial charge in [0.05, 0.1) is 14.2 Å². The van der Waals surface area contributed by atoms with Gasteiger partial charge in [-0.2, -0.15) is 0 Å². The van der Waals surface area contributed by atoms with Crippen molar-refractivity contribution < 1.29 is 28.7 Å². The summed E-state index contributed by atoms with van der Waals surface area (Å²) < 4.78 is 20.0. The number of amidine groups is 1. The van der Waals surface area contributed by atoms with Crippen molar-refractivity contribution in [3.05, 3.63) is 23.4 Å². The third-order valence-electron chi connectivity index (χ3n) is 2.90. The van der Waals surface area contributed by atoms with Crippen LogP contribution in [0, 0.1) is 0 Å². The molecule has 0 bridgehead atoms. The highest BCUT2D eigenvalue weighted by Crippen LogP contribution is 2.38. The van der Waals surface area contributed by atoms with E-state index in [0.717, 1.165) is 0 Å². The zero-order valence-corrected chi connectivity index (χ0v) is 13.8. The molecule has 11 nitrogen and oxygen atoms in total. The predicted octanol–water partition coefficient (Wildman–Crippen LogP) is -1.59. The summed E-state index contributed by atoms with van der Waals surface area (Å²) in [5, 5.41) is 13.4. The van der Waals surface area contributed by atoms with Gasteiger partial charge in [0.2, 0.25) is 17.8 Å². The Balaban J connectivity index is 2.30. The largest absolute Gasteiger partial charge is 0.493 e. The monoisotopic (exact) mass is 349 g/mol. The van der Waals surface area contributed by atoms with Gasteiger partial charge in [0.1, 0.15) is 0 Å². The average molecular weight is 349 g/mol. The first-order valence-corrected chi connectivity index (χ1v) is 6.91. The first-order valence-electron chi connectivity index (χ1n) is 6.91. The number of hydrazone groups is 1. The number of ether oxygens (including phenoxy) is 3. The molecule has 0 amide bonds. The number of hydrogen-bond donors (Lipinski definition) is 3. The van der Waals surface area contributed by atoms with Crippen molar-refractivity contribution in [1.29, 1.82) is 0 Å². The van der Waals surface area contributed by atoms with Gasteiger partial charge in [0.15, 0.2) is 23.0 Å². The Morgan fingerprint density at radius 3 is 2.40 bits per heavy atom. The predicted molar refractivity (Wildman–Crippen MR) is 86.4 cm³/mol. The molecule has 0 fully saturated rings. The molecule has 0 aliphatic rings. The van der Waals surface area contributed by atoms with E-state index in [1.807, 2.05) is 0 Å². The number of benzene rings is 1. The van der Waals surface area contributed by atoms with Gasteiger partial charge in [-0.1, -0.05) is 0 Å². The van der Waals surface area contributed by atoms with E-state index in [9.17, 15) is 4.79 Å². The van der Waals surface area contributed by atoms with Crippen LogP contribution >= 0.6 is 0 Å². The lowest BCUT2D eigenvalue weighted by Crippen LogP contribution is -2.63. The molecule has 0 unspecified atom stereocenters. The Kier molecular flexibility index (Phi) is 5.50. The standard InChI is InChI=1S/C14H16N6O5/c1-7(21)24-12-9(22-2)4-8(5-10(12)23-3)6-17-18-13(15)11-14(16)20-25-19-11/h4-6H,1-3H3,(H2,15,18)(H2,16,20)/p+1/b17-6+. The molecule has 0 spiro atoms. The Morgan fingerprint density at radius 2 is 1.92 bits per heavy atom. The summed E-state index contributed by atoms with van der Waals surface area (Å²) in [5.41, 5.74) is 12.0. The number of hydrogen-bond acceptors (Lipinski definition) is 9. The molecule has 5 N–H and O–H groups in total. The minimum atomic E-state index is -0.498. The van der Waals surface area contributed by atoms with Crippen LogP contribution in [0.5, 0.6) is 17.2 Å². The molecule has 1 aromatic heterocycles. The topological polar surface area (TPSA) is 162 Å². The number of methoxy groups -OCH3 is 2. The second kappa shape index (κ2) is 7.77. The number of nitrogens with zero attached hydrogens (tertiary/aromatic N) is 3. The molecule has 2 aromatic rings. The van der Waals surface area contributed by atoms with E-state index in [2.05, 4.69) is 25.1 Å². The summed E-state index contributed by atoms with van der Waals surface area (Å²) in [6.07, 6.45) is 1.51. The maximum absolute atomic E-state index is 11.2. The molecular formula is C14H17N6O5+. The summed E-state index contributed by atoms with van der Waals surface area (Å²) in [7, 11) is 2.88. The number of carbonyl (C=O) groups is 1. The first-order chi connectivity index (χ1) is 12.0. The van der Waals surface area contributed by atoms with Gasteiger partial charge in [-0.3, -0.25) is 4.79 Å². The summed E-state index contributed by atoms with van der Waals surface area (Å²) in [4.78, 5) is 11.2. The summed E-state index contributed by atoms with van der Waals surface area (Å²) in [6, 6.07) is 3.23. The SMILES string of the molecule is COc1cc(/C=[NH+]/N=C(N)c2nonc2N)cc(OC)c1OC(C)=O. The molecule has 11 heteroatoms. The second-order valence-corrected chi connectivity index (χ2v) is 4.62. The van der Waals surface area contributed by atoms with Crippen molar-refractivity contribution in [2.24, 2.45) is 10.8 Å². The van der Waals surface area contributed by atoms with Gasteiger partial charge in [-0.25, -0.2) is 4.63 Å². The third-order valence-corrected chi connectivity index (χ3v) is 2.90. The van der Waals surface area contributed by atoms with Crippen LogP contribution in [0.15, 0.2) is 21.9 Å². The highest BCUT2D eigenvalue weighted by Gasteiger charge is 2.16. The fraction of sp³-hybridized carbons (Fsp3) is 0.214. The van der Waals surface area contributed by atoms with Crippen molar-refractivity contribution in [2.75, 3.05) is 20.0 Å². The molecule has 132 valence electrons. The number of nitrogen functional groups attached to an aromatic ring is 1. The van der Waals surface area contributed by atoms with Crippen molar-refractivity contribution in [1.82, 2.24) is 10.3 Å². The van der Waals surface area contributed by atoms with Crippen LogP contribution in [0.4, 0.5) is 5.82 Å². The summed E-state index contributed by atoms with van der Waals surface area (Å²) in [6.45, 7) is 1.28. The Bertz CT molecular complexity index is 804. The maximum atomic E-state index is 11.2. The first kappa shape index (κ1) is 17.7. The second-order valence-electron chi connectivity index (χ2n) is 4.62. The number of esters is 1. The van der Waals surface area contributed by atoms with Crippen LogP contribution in [0.1, 0.15) is 18.2 Å². The van der Waals surface area contributed by atoms with Crippen molar-refractivity contribution in [3.8, 4) is 17.2 Å². The fourth-order valence-electron chi connectivity index (χ4n) is 1.83. The molecule has 0 atom stereocenters. The number of nitrogens with one attached hydrogen (secondary N) is 1. The average Bonchev–Trinajstić information content (AvgIpc) is 3.01. The Labute approximate surface area is 142 Å². The van der Waals surface area contributed by atoms with Gasteiger partial charge >= 0.3 is 5.97 Å². The van der Waals surface area contributed by atoms with Gasteiger partial charge in [0.25, 0.3) is 0 Å². The highest BCUT2D eigenvalue weighted by atomic mass is 16.6. The molecule has 0 radical (unpaired) electrons. The van der Waals surface area contributed by atoms with Crippen LogP contribution < -0.4 is 30.8 Å². The van der Waals surface area contributed by atoms with Gasteiger partial charge < -0.3 is 25.7 Å². The highest BCUT2D eigenvalue weighted by molar-refractivity contribution is 5.98. The molecule has 0 saturated heterocycles. The molecule has 1 aromatic carbocycles. The number of aromatic nitrogens is 2. The fourth-order valence-corrected chi connectivity index (χ4v) is 1.83. The normalized spacial score (nSPS) is 11.6. The number of rotatable bonds is 6. The van der Waals surface area contributed by atoms with E-state index < -0.39 is 5.97 Å². The van der Waals surface area contributed by atoms with Crippen molar-refractivity contribution in [2.45, 2.75) is 6.92 Å². The molecule has 0 aliphatic carbocycles. The molecule has 25 heavy (non-hydrogen) atoms. The van der Waals surface area contributed by atoms with Crippen LogP contribution in [0.3, 0.4) is 0 Å². The quantitative estimate of drug-likeness (QED) is 0.183.